The maximum atomic E-state index is 5.71. The van der Waals surface area contributed by atoms with Gasteiger partial charge in [0.1, 0.15) is 0 Å². The molecule has 0 saturated carbocycles. The Morgan fingerprint density at radius 1 is 1.33 bits per heavy atom. The minimum absolute atomic E-state index is 0.505. The molecule has 0 N–H and O–H groups in total. The third-order valence-electron chi connectivity index (χ3n) is 2.10. The van der Waals surface area contributed by atoms with Gasteiger partial charge in [0.15, 0.2) is 0 Å². The molecule has 0 radical (unpaired) electrons. The first-order valence-electron chi connectivity index (χ1n) is 4.76. The van der Waals surface area contributed by atoms with Gasteiger partial charge in [-0.25, -0.2) is 0 Å². The zero-order valence-electron chi connectivity index (χ0n) is 7.47. The van der Waals surface area contributed by atoms with Crippen LogP contribution in [0.15, 0.2) is 12.2 Å². The molecule has 0 aliphatic heterocycles. The molecule has 1 unspecified atom stereocenters. The highest BCUT2D eigenvalue weighted by Crippen LogP contribution is 2.14. The molecular weight excluding hydrogens is 216 g/mol. The van der Waals surface area contributed by atoms with Crippen molar-refractivity contribution in [3.05, 3.63) is 12.2 Å². The number of ether oxygens (including phenoxy) is 1. The fraction of sp³-hybridized carbons (Fsp3) is 0.800. The summed E-state index contributed by atoms with van der Waals surface area (Å²) >= 11 is 3.41. The third kappa shape index (κ3) is 4.27. The van der Waals surface area contributed by atoms with Gasteiger partial charge in [-0.3, -0.25) is 0 Å². The van der Waals surface area contributed by atoms with Crippen LogP contribution in [0.4, 0.5) is 0 Å². The summed E-state index contributed by atoms with van der Waals surface area (Å²) in [6, 6.07) is 0. The number of halogens is 1. The summed E-state index contributed by atoms with van der Waals surface area (Å²) < 4.78 is 5.71. The van der Waals surface area contributed by atoms with Gasteiger partial charge in [0.2, 0.25) is 0 Å². The van der Waals surface area contributed by atoms with E-state index in [1.165, 1.54) is 25.7 Å². The van der Waals surface area contributed by atoms with Gasteiger partial charge in [0.25, 0.3) is 0 Å². The molecule has 1 rings (SSSR count). The van der Waals surface area contributed by atoms with E-state index < -0.39 is 0 Å². The van der Waals surface area contributed by atoms with Crippen molar-refractivity contribution >= 4 is 15.9 Å². The monoisotopic (exact) mass is 232 g/mol. The first-order valence-corrected chi connectivity index (χ1v) is 5.88. The first kappa shape index (κ1) is 10.3. The summed E-state index contributed by atoms with van der Waals surface area (Å²) in [5.41, 5.74) is 0. The fourth-order valence-corrected chi connectivity index (χ4v) is 1.76. The van der Waals surface area contributed by atoms with Crippen LogP contribution >= 0.6 is 15.9 Å². The molecule has 0 amide bonds. The number of rotatable bonds is 5. The SMILES string of the molecule is BrCCCCOC1CC=CCC1. The van der Waals surface area contributed by atoms with Gasteiger partial charge in [0.05, 0.1) is 6.10 Å². The van der Waals surface area contributed by atoms with Crippen molar-refractivity contribution in [2.75, 3.05) is 11.9 Å². The molecule has 0 aromatic heterocycles. The summed E-state index contributed by atoms with van der Waals surface area (Å²) in [6.45, 7) is 0.935. The molecule has 1 atom stereocenters. The maximum absolute atomic E-state index is 5.71. The molecule has 0 bridgehead atoms. The van der Waals surface area contributed by atoms with E-state index in [4.69, 9.17) is 4.74 Å². The highest BCUT2D eigenvalue weighted by molar-refractivity contribution is 9.09. The number of hydrogen-bond acceptors (Lipinski definition) is 1. The normalized spacial score (nSPS) is 22.9. The molecule has 70 valence electrons. The smallest absolute Gasteiger partial charge is 0.0612 e. The standard InChI is InChI=1S/C10H17BrO/c11-8-4-5-9-12-10-6-2-1-3-7-10/h1-2,10H,3-9H2. The Bertz CT molecular complexity index is 134. The van der Waals surface area contributed by atoms with Crippen LogP contribution in [-0.2, 0) is 4.74 Å². The van der Waals surface area contributed by atoms with Crippen molar-refractivity contribution < 1.29 is 4.74 Å². The second kappa shape index (κ2) is 6.67. The molecule has 2 heteroatoms. The van der Waals surface area contributed by atoms with Crippen LogP contribution in [0.2, 0.25) is 0 Å². The Morgan fingerprint density at radius 2 is 2.25 bits per heavy atom. The summed E-state index contributed by atoms with van der Waals surface area (Å²) in [4.78, 5) is 0. The Morgan fingerprint density at radius 3 is 2.92 bits per heavy atom. The van der Waals surface area contributed by atoms with E-state index in [1.807, 2.05) is 0 Å². The molecule has 1 aliphatic carbocycles. The highest BCUT2D eigenvalue weighted by Gasteiger charge is 2.08. The maximum Gasteiger partial charge on any atom is 0.0612 e. The molecule has 1 aliphatic rings. The van der Waals surface area contributed by atoms with E-state index in [1.54, 1.807) is 0 Å². The largest absolute Gasteiger partial charge is 0.378 e. The Hall–Kier alpha value is 0.180. The summed E-state index contributed by atoms with van der Waals surface area (Å²) in [6.07, 6.45) is 10.9. The van der Waals surface area contributed by atoms with Gasteiger partial charge < -0.3 is 4.74 Å². The minimum Gasteiger partial charge on any atom is -0.378 e. The van der Waals surface area contributed by atoms with E-state index in [2.05, 4.69) is 28.1 Å². The predicted molar refractivity (Wildman–Crippen MR) is 55.8 cm³/mol. The van der Waals surface area contributed by atoms with Crippen LogP contribution < -0.4 is 0 Å². The van der Waals surface area contributed by atoms with E-state index in [-0.39, 0.29) is 0 Å². The van der Waals surface area contributed by atoms with Gasteiger partial charge in [-0.05, 0) is 32.1 Å². The lowest BCUT2D eigenvalue weighted by Gasteiger charge is -2.18. The van der Waals surface area contributed by atoms with Gasteiger partial charge in [-0.15, -0.1) is 0 Å². The van der Waals surface area contributed by atoms with Crippen molar-refractivity contribution in [3.8, 4) is 0 Å². The molecule has 0 spiro atoms. The van der Waals surface area contributed by atoms with Crippen molar-refractivity contribution in [2.45, 2.75) is 38.2 Å². The molecule has 0 aromatic carbocycles. The molecule has 1 nitrogen and oxygen atoms in total. The lowest BCUT2D eigenvalue weighted by atomic mass is 10.1. The predicted octanol–water partition coefficient (Wildman–Crippen LogP) is 3.29. The number of unbranched alkanes of at least 4 members (excludes halogenated alkanes) is 1. The van der Waals surface area contributed by atoms with E-state index in [9.17, 15) is 0 Å². The number of hydrogen-bond donors (Lipinski definition) is 0. The van der Waals surface area contributed by atoms with E-state index >= 15 is 0 Å². The highest BCUT2D eigenvalue weighted by atomic mass is 79.9. The van der Waals surface area contributed by atoms with E-state index in [0.717, 1.165) is 18.4 Å². The average molecular weight is 233 g/mol. The van der Waals surface area contributed by atoms with Crippen LogP contribution in [0.25, 0.3) is 0 Å². The number of alkyl halides is 1. The van der Waals surface area contributed by atoms with Crippen LogP contribution in [0.3, 0.4) is 0 Å². The summed E-state index contributed by atoms with van der Waals surface area (Å²) in [5, 5.41) is 1.10. The topological polar surface area (TPSA) is 9.23 Å². The Labute approximate surface area is 83.3 Å². The van der Waals surface area contributed by atoms with Gasteiger partial charge in [-0.2, -0.15) is 0 Å². The minimum atomic E-state index is 0.505. The van der Waals surface area contributed by atoms with Gasteiger partial charge in [0, 0.05) is 11.9 Å². The summed E-state index contributed by atoms with van der Waals surface area (Å²) in [5.74, 6) is 0. The average Bonchev–Trinajstić information content (AvgIpc) is 2.14. The Balaban J connectivity index is 1.95. The quantitative estimate of drug-likeness (QED) is 0.402. The second-order valence-corrected chi connectivity index (χ2v) is 3.97. The molecule has 0 heterocycles. The van der Waals surface area contributed by atoms with Crippen LogP contribution in [0, 0.1) is 0 Å². The lowest BCUT2D eigenvalue weighted by Crippen LogP contribution is -2.14. The molecule has 0 aromatic rings. The van der Waals surface area contributed by atoms with Crippen LogP contribution in [0.1, 0.15) is 32.1 Å². The van der Waals surface area contributed by atoms with Crippen molar-refractivity contribution in [1.29, 1.82) is 0 Å². The Kier molecular flexibility index (Phi) is 5.70. The van der Waals surface area contributed by atoms with Crippen LogP contribution in [0.5, 0.6) is 0 Å². The summed E-state index contributed by atoms with van der Waals surface area (Å²) in [7, 11) is 0. The molecule has 0 fully saturated rings. The third-order valence-corrected chi connectivity index (χ3v) is 2.66. The van der Waals surface area contributed by atoms with Gasteiger partial charge in [-0.1, -0.05) is 28.1 Å². The molecular formula is C10H17BrO. The molecule has 12 heavy (non-hydrogen) atoms. The van der Waals surface area contributed by atoms with Crippen molar-refractivity contribution in [1.82, 2.24) is 0 Å². The lowest BCUT2D eigenvalue weighted by molar-refractivity contribution is 0.0459. The fourth-order valence-electron chi connectivity index (χ4n) is 1.36. The van der Waals surface area contributed by atoms with Gasteiger partial charge >= 0.3 is 0 Å². The molecule has 0 saturated heterocycles. The van der Waals surface area contributed by atoms with Crippen molar-refractivity contribution in [2.24, 2.45) is 0 Å². The van der Waals surface area contributed by atoms with Crippen molar-refractivity contribution in [3.63, 3.8) is 0 Å². The zero-order chi connectivity index (χ0) is 8.65. The zero-order valence-corrected chi connectivity index (χ0v) is 9.05. The second-order valence-electron chi connectivity index (χ2n) is 3.17. The van der Waals surface area contributed by atoms with E-state index in [0.29, 0.717) is 6.10 Å². The first-order chi connectivity index (χ1) is 5.93. The number of allylic oxidation sites excluding steroid dienone is 1. The van der Waals surface area contributed by atoms with Crippen LogP contribution in [-0.4, -0.2) is 18.0 Å².